The molecule has 1 heterocycles. The fourth-order valence-electron chi connectivity index (χ4n) is 1.74. The van der Waals surface area contributed by atoms with E-state index in [0.29, 0.717) is 0 Å². The third-order valence-electron chi connectivity index (χ3n) is 2.80. The number of thiocarbonyl (C=S) groups is 1. The summed E-state index contributed by atoms with van der Waals surface area (Å²) in [6.45, 7) is 1.77. The predicted octanol–water partition coefficient (Wildman–Crippen LogP) is 0.949. The Morgan fingerprint density at radius 1 is 1.35 bits per heavy atom. The summed E-state index contributed by atoms with van der Waals surface area (Å²) >= 11 is 5.68. The number of thioether (sulfide) groups is 1. The van der Waals surface area contributed by atoms with Crippen LogP contribution in [-0.4, -0.2) is 27.2 Å². The van der Waals surface area contributed by atoms with Gasteiger partial charge < -0.3 is 10.6 Å². The van der Waals surface area contributed by atoms with Crippen molar-refractivity contribution in [3.8, 4) is 0 Å². The molecule has 0 bridgehead atoms. The van der Waals surface area contributed by atoms with Crippen LogP contribution in [-0.2, 0) is 14.4 Å². The van der Waals surface area contributed by atoms with E-state index in [-0.39, 0.29) is 10.4 Å². The Morgan fingerprint density at radius 3 is 2.55 bits per heavy atom. The number of nitrogens with one attached hydrogen (secondary N) is 2. The molecule has 1 aliphatic rings. The number of hydrogen-bond donors (Lipinski definition) is 2. The molecule has 1 aromatic rings. The normalized spacial score (nSPS) is 19.4. The molecule has 0 aliphatic carbocycles. The summed E-state index contributed by atoms with van der Waals surface area (Å²) in [5.41, 5.74) is 0.882. The van der Waals surface area contributed by atoms with Crippen LogP contribution >= 0.6 is 24.0 Å². The maximum absolute atomic E-state index is 11.9. The Hall–Kier alpha value is -1.73. The van der Waals surface area contributed by atoms with Gasteiger partial charge in [-0.25, -0.2) is 0 Å². The van der Waals surface area contributed by atoms with Gasteiger partial charge in [-0.2, -0.15) is 0 Å². The number of ketones is 1. The number of amides is 2. The second-order valence-corrected chi connectivity index (χ2v) is 6.03. The fraction of sp³-hybridized carbons (Fsp3) is 0.231. The van der Waals surface area contributed by atoms with Crippen LogP contribution in [0.3, 0.4) is 0 Å². The van der Waals surface area contributed by atoms with Gasteiger partial charge >= 0.3 is 0 Å². The van der Waals surface area contributed by atoms with Gasteiger partial charge in [0.05, 0.1) is 6.04 Å². The van der Waals surface area contributed by atoms with Crippen molar-refractivity contribution in [1.29, 1.82) is 0 Å². The van der Waals surface area contributed by atoms with Crippen molar-refractivity contribution in [1.82, 2.24) is 10.6 Å². The summed E-state index contributed by atoms with van der Waals surface area (Å²) in [6, 6.07) is 8.94. The average Bonchev–Trinajstić information content (AvgIpc) is 2.77. The van der Waals surface area contributed by atoms with Gasteiger partial charge in [-0.15, -0.1) is 0 Å². The topological polar surface area (TPSA) is 75.3 Å². The first-order valence-corrected chi connectivity index (χ1v) is 7.19. The molecule has 0 aromatic heterocycles. The Labute approximate surface area is 125 Å². The largest absolute Gasteiger partial charge is 0.343 e. The van der Waals surface area contributed by atoms with E-state index in [4.69, 9.17) is 12.2 Å². The lowest BCUT2D eigenvalue weighted by molar-refractivity contribution is -0.139. The minimum Gasteiger partial charge on any atom is -0.343 e. The van der Waals surface area contributed by atoms with Gasteiger partial charge in [-0.05, 0) is 12.5 Å². The quantitative estimate of drug-likeness (QED) is 0.492. The Kier molecular flexibility index (Phi) is 4.51. The van der Waals surface area contributed by atoms with Crippen LogP contribution in [0.5, 0.6) is 0 Å². The van der Waals surface area contributed by atoms with Gasteiger partial charge in [-0.3, -0.25) is 14.4 Å². The van der Waals surface area contributed by atoms with Crippen LogP contribution in [0.25, 0.3) is 0 Å². The summed E-state index contributed by atoms with van der Waals surface area (Å²) in [6.07, 6.45) is 0. The summed E-state index contributed by atoms with van der Waals surface area (Å²) in [5, 5.41) is 3.85. The summed E-state index contributed by atoms with van der Waals surface area (Å²) in [7, 11) is 0. The number of rotatable bonds is 4. The van der Waals surface area contributed by atoms with Crippen molar-refractivity contribution >= 4 is 45.9 Å². The highest BCUT2D eigenvalue weighted by Crippen LogP contribution is 2.20. The first-order valence-electron chi connectivity index (χ1n) is 5.90. The zero-order valence-corrected chi connectivity index (χ0v) is 12.2. The SMILES string of the molecule is C[C@@H](NC(=O)C(=O)[C@@H]1SC(=S)NC1=O)c1ccccc1. The van der Waals surface area contributed by atoms with Crippen LogP contribution in [0.1, 0.15) is 18.5 Å². The van der Waals surface area contributed by atoms with Gasteiger partial charge in [0.15, 0.2) is 5.25 Å². The van der Waals surface area contributed by atoms with Crippen molar-refractivity contribution in [3.05, 3.63) is 35.9 Å². The molecule has 5 nitrogen and oxygen atoms in total. The minimum absolute atomic E-state index is 0.220. The molecule has 1 fully saturated rings. The Bertz CT molecular complexity index is 574. The molecular weight excluding hydrogens is 296 g/mol. The molecule has 1 aromatic carbocycles. The van der Waals surface area contributed by atoms with Crippen LogP contribution in [0.4, 0.5) is 0 Å². The molecule has 2 atom stereocenters. The molecule has 2 rings (SSSR count). The lowest BCUT2D eigenvalue weighted by atomic mass is 10.1. The molecule has 20 heavy (non-hydrogen) atoms. The second kappa shape index (κ2) is 6.15. The van der Waals surface area contributed by atoms with Crippen molar-refractivity contribution in [3.63, 3.8) is 0 Å². The monoisotopic (exact) mass is 308 g/mol. The zero-order chi connectivity index (χ0) is 14.7. The molecule has 0 unspecified atom stereocenters. The van der Waals surface area contributed by atoms with E-state index in [1.807, 2.05) is 30.3 Å². The first-order chi connectivity index (χ1) is 9.49. The van der Waals surface area contributed by atoms with Gasteiger partial charge in [0.25, 0.3) is 5.91 Å². The molecule has 1 aliphatic heterocycles. The predicted molar refractivity (Wildman–Crippen MR) is 80.1 cm³/mol. The van der Waals surface area contributed by atoms with E-state index in [0.717, 1.165) is 17.3 Å². The molecule has 2 amide bonds. The average molecular weight is 308 g/mol. The summed E-state index contributed by atoms with van der Waals surface area (Å²) in [5.74, 6) is -2.10. The van der Waals surface area contributed by atoms with Crippen LogP contribution in [0.15, 0.2) is 30.3 Å². The molecule has 0 spiro atoms. The van der Waals surface area contributed by atoms with Crippen LogP contribution in [0.2, 0.25) is 0 Å². The molecular formula is C13H12N2O3S2. The molecule has 7 heteroatoms. The lowest BCUT2D eigenvalue weighted by Crippen LogP contribution is -2.41. The van der Waals surface area contributed by atoms with E-state index in [9.17, 15) is 14.4 Å². The number of hydrogen-bond acceptors (Lipinski definition) is 5. The third-order valence-corrected chi connectivity index (χ3v) is 4.17. The maximum atomic E-state index is 11.9. The van der Waals surface area contributed by atoms with E-state index >= 15 is 0 Å². The molecule has 2 N–H and O–H groups in total. The fourth-order valence-corrected chi connectivity index (χ4v) is 2.88. The minimum atomic E-state index is -1.08. The summed E-state index contributed by atoms with van der Waals surface area (Å²) < 4.78 is 0.220. The van der Waals surface area contributed by atoms with Gasteiger partial charge in [0, 0.05) is 0 Å². The number of Topliss-reactive ketones (excluding diaryl/α,β-unsaturated/α-hetero) is 1. The van der Waals surface area contributed by atoms with Gasteiger partial charge in [0.1, 0.15) is 4.32 Å². The van der Waals surface area contributed by atoms with E-state index in [2.05, 4.69) is 10.6 Å². The first kappa shape index (κ1) is 14.7. The number of carbonyl (C=O) groups is 3. The Balaban J connectivity index is 2.00. The maximum Gasteiger partial charge on any atom is 0.289 e. The van der Waals surface area contributed by atoms with Gasteiger partial charge in [-0.1, -0.05) is 54.3 Å². The number of benzene rings is 1. The van der Waals surface area contributed by atoms with Crippen LogP contribution < -0.4 is 10.6 Å². The van der Waals surface area contributed by atoms with Crippen molar-refractivity contribution in [2.24, 2.45) is 0 Å². The highest BCUT2D eigenvalue weighted by atomic mass is 32.2. The van der Waals surface area contributed by atoms with E-state index in [1.165, 1.54) is 0 Å². The van der Waals surface area contributed by atoms with Crippen molar-refractivity contribution in [2.75, 3.05) is 0 Å². The lowest BCUT2D eigenvalue weighted by Gasteiger charge is -2.14. The third kappa shape index (κ3) is 3.23. The van der Waals surface area contributed by atoms with Crippen molar-refractivity contribution < 1.29 is 14.4 Å². The molecule has 0 radical (unpaired) electrons. The van der Waals surface area contributed by atoms with Gasteiger partial charge in [0.2, 0.25) is 11.7 Å². The van der Waals surface area contributed by atoms with Crippen LogP contribution in [0, 0.1) is 0 Å². The molecule has 0 saturated carbocycles. The zero-order valence-electron chi connectivity index (χ0n) is 10.6. The highest BCUT2D eigenvalue weighted by Gasteiger charge is 2.38. The summed E-state index contributed by atoms with van der Waals surface area (Å²) in [4.78, 5) is 35.2. The molecule has 1 saturated heterocycles. The highest BCUT2D eigenvalue weighted by molar-refractivity contribution is 8.25. The Morgan fingerprint density at radius 2 is 2.00 bits per heavy atom. The van der Waals surface area contributed by atoms with E-state index in [1.54, 1.807) is 6.92 Å². The second-order valence-electron chi connectivity index (χ2n) is 4.24. The number of carbonyl (C=O) groups excluding carboxylic acids is 3. The van der Waals surface area contributed by atoms with Crippen molar-refractivity contribution in [2.45, 2.75) is 18.2 Å². The standard InChI is InChI=1S/C13H12N2O3S2/c1-7(8-5-3-2-4-6-8)14-11(17)9(16)10-12(18)15-13(19)20-10/h2-7,10H,1H3,(H,14,17)(H,15,18,19)/t7-,10+/m1/s1. The molecule has 104 valence electrons. The smallest absolute Gasteiger partial charge is 0.289 e. The van der Waals surface area contributed by atoms with E-state index < -0.39 is 22.8 Å².